The molecule has 8 heteroatoms. The van der Waals surface area contributed by atoms with Crippen LogP contribution in [-0.4, -0.2) is 76.2 Å². The number of allylic oxidation sites excluding steroid dienone is 2. The molecule has 0 aliphatic carbocycles. The maximum Gasteiger partial charge on any atom is 0.472 e. The predicted octanol–water partition coefficient (Wildman–Crippen LogP) is 12.7. The molecule has 0 aromatic rings. The van der Waals surface area contributed by atoms with E-state index < -0.39 is 7.82 Å². The summed E-state index contributed by atoms with van der Waals surface area (Å²) >= 11 is 0. The normalized spacial score (nSPS) is 14.1. The maximum atomic E-state index is 12.5. The first-order chi connectivity index (χ1) is 24.2. The highest BCUT2D eigenvalue weighted by molar-refractivity contribution is 7.47. The van der Waals surface area contributed by atoms with Crippen molar-refractivity contribution in [2.45, 2.75) is 200 Å². The van der Waals surface area contributed by atoms with Gasteiger partial charge in [0.2, 0.25) is 0 Å². The van der Waals surface area contributed by atoms with Gasteiger partial charge in [-0.25, -0.2) is 4.57 Å². The average Bonchev–Trinajstić information content (AvgIpc) is 3.07. The van der Waals surface area contributed by atoms with Gasteiger partial charge in [-0.3, -0.25) is 9.05 Å². The molecule has 0 aliphatic heterocycles. The number of hydrogen-bond acceptors (Lipinski definition) is 5. The zero-order chi connectivity index (χ0) is 36.9. The van der Waals surface area contributed by atoms with Crippen molar-refractivity contribution in [1.82, 2.24) is 0 Å². The van der Waals surface area contributed by atoms with Crippen LogP contribution < -0.4 is 0 Å². The Labute approximate surface area is 312 Å². The second-order valence-electron chi connectivity index (χ2n) is 15.7. The molecule has 2 atom stereocenters. The van der Waals surface area contributed by atoms with Crippen LogP contribution >= 0.6 is 7.82 Å². The fourth-order valence-corrected chi connectivity index (χ4v) is 6.74. The molecule has 300 valence electrons. The minimum Gasteiger partial charge on any atom is -0.379 e. The van der Waals surface area contributed by atoms with Crippen LogP contribution in [0.2, 0.25) is 0 Å². The fourth-order valence-electron chi connectivity index (χ4n) is 6.00. The molecule has 50 heavy (non-hydrogen) atoms. The van der Waals surface area contributed by atoms with E-state index in [1.165, 1.54) is 161 Å². The number of hydrogen-bond donors (Lipinski definition) is 1. The van der Waals surface area contributed by atoms with Gasteiger partial charge in [0.05, 0.1) is 34.4 Å². The van der Waals surface area contributed by atoms with Gasteiger partial charge in [0.25, 0.3) is 0 Å². The molecular weight excluding hydrogens is 645 g/mol. The van der Waals surface area contributed by atoms with Crippen molar-refractivity contribution in [2.75, 3.05) is 60.7 Å². The van der Waals surface area contributed by atoms with Gasteiger partial charge in [0.1, 0.15) is 19.3 Å². The topological polar surface area (TPSA) is 74.2 Å². The van der Waals surface area contributed by atoms with Gasteiger partial charge >= 0.3 is 7.82 Å². The lowest BCUT2D eigenvalue weighted by Gasteiger charge is -2.24. The van der Waals surface area contributed by atoms with Crippen LogP contribution in [0.1, 0.15) is 194 Å². The molecule has 0 rings (SSSR count). The van der Waals surface area contributed by atoms with Gasteiger partial charge in [-0.2, -0.15) is 0 Å². The Morgan fingerprint density at radius 3 is 1.36 bits per heavy atom. The first-order valence-electron chi connectivity index (χ1n) is 21.5. The van der Waals surface area contributed by atoms with Crippen molar-refractivity contribution in [3.05, 3.63) is 12.2 Å². The van der Waals surface area contributed by atoms with Crippen molar-refractivity contribution in [3.63, 3.8) is 0 Å². The molecule has 0 amide bonds. The summed E-state index contributed by atoms with van der Waals surface area (Å²) in [6.45, 7) is 6.97. The summed E-state index contributed by atoms with van der Waals surface area (Å²) in [5.74, 6) is 0. The van der Waals surface area contributed by atoms with Crippen LogP contribution in [-0.2, 0) is 23.1 Å². The van der Waals surface area contributed by atoms with Crippen LogP contribution in [0.4, 0.5) is 0 Å². The Kier molecular flexibility index (Phi) is 36.9. The molecule has 0 aromatic heterocycles. The first-order valence-corrected chi connectivity index (χ1v) is 23.0. The Hall–Kier alpha value is -0.270. The molecule has 1 N–H and O–H groups in total. The van der Waals surface area contributed by atoms with Gasteiger partial charge < -0.3 is 18.9 Å². The highest BCUT2D eigenvalue weighted by Crippen LogP contribution is 2.43. The quantitative estimate of drug-likeness (QED) is 0.0292. The fraction of sp³-hybridized carbons (Fsp3) is 0.952. The summed E-state index contributed by atoms with van der Waals surface area (Å²) in [5.41, 5.74) is 0. The maximum absolute atomic E-state index is 12.5. The molecule has 0 saturated heterocycles. The smallest absolute Gasteiger partial charge is 0.379 e. The second-order valence-corrected chi connectivity index (χ2v) is 17.2. The summed E-state index contributed by atoms with van der Waals surface area (Å²) in [5, 5.41) is 0. The number of ether oxygens (including phenoxy) is 2. The van der Waals surface area contributed by atoms with Gasteiger partial charge in [0.15, 0.2) is 0 Å². The highest BCUT2D eigenvalue weighted by Gasteiger charge is 2.25. The van der Waals surface area contributed by atoms with Crippen LogP contribution in [0.5, 0.6) is 0 Å². The number of likely N-dealkylation sites (N-methyl/N-ethyl adjacent to an activating group) is 1. The SMILES string of the molecule is CCCCCCCCC=CCCCCCCCCOC(COCCCCCCCCCCCCCCCC)COP(=O)(O)OCC[N+](C)(C)C. The third kappa shape index (κ3) is 40.5. The van der Waals surface area contributed by atoms with Crippen LogP contribution in [0.3, 0.4) is 0 Å². The van der Waals surface area contributed by atoms with Crippen LogP contribution in [0, 0.1) is 0 Å². The van der Waals surface area contributed by atoms with E-state index in [0.29, 0.717) is 30.8 Å². The lowest BCUT2D eigenvalue weighted by molar-refractivity contribution is -0.870. The second kappa shape index (κ2) is 37.1. The van der Waals surface area contributed by atoms with E-state index in [9.17, 15) is 9.46 Å². The summed E-state index contributed by atoms with van der Waals surface area (Å²) < 4.78 is 35.7. The van der Waals surface area contributed by atoms with Crippen LogP contribution in [0.25, 0.3) is 0 Å². The van der Waals surface area contributed by atoms with E-state index in [1.807, 2.05) is 21.1 Å². The molecular formula is C42H87NO6P+. The minimum atomic E-state index is -4.14. The zero-order valence-electron chi connectivity index (χ0n) is 34.2. The molecule has 7 nitrogen and oxygen atoms in total. The van der Waals surface area contributed by atoms with Crippen molar-refractivity contribution in [1.29, 1.82) is 0 Å². The lowest BCUT2D eigenvalue weighted by atomic mass is 10.0. The average molecular weight is 733 g/mol. The van der Waals surface area contributed by atoms with E-state index in [0.717, 1.165) is 19.3 Å². The van der Waals surface area contributed by atoms with Gasteiger partial charge in [-0.15, -0.1) is 0 Å². The highest BCUT2D eigenvalue weighted by atomic mass is 31.2. The van der Waals surface area contributed by atoms with Gasteiger partial charge in [0, 0.05) is 13.2 Å². The van der Waals surface area contributed by atoms with E-state index in [4.69, 9.17) is 18.5 Å². The number of nitrogens with zero attached hydrogens (tertiary/aromatic N) is 1. The minimum absolute atomic E-state index is 0.0106. The van der Waals surface area contributed by atoms with E-state index >= 15 is 0 Å². The molecule has 0 saturated carbocycles. The first kappa shape index (κ1) is 49.7. The third-order valence-corrected chi connectivity index (χ3v) is 10.4. The molecule has 0 radical (unpaired) electrons. The molecule has 0 aromatic carbocycles. The molecule has 0 bridgehead atoms. The molecule has 0 fully saturated rings. The third-order valence-electron chi connectivity index (χ3n) is 9.40. The Bertz CT molecular complexity index is 759. The summed E-state index contributed by atoms with van der Waals surface area (Å²) in [6.07, 6.45) is 40.9. The van der Waals surface area contributed by atoms with Crippen molar-refractivity contribution < 1.29 is 32.5 Å². The lowest BCUT2D eigenvalue weighted by Crippen LogP contribution is -2.37. The molecule has 0 aliphatic rings. The van der Waals surface area contributed by atoms with Crippen molar-refractivity contribution in [3.8, 4) is 0 Å². The van der Waals surface area contributed by atoms with Gasteiger partial charge in [-0.1, -0.05) is 167 Å². The summed E-state index contributed by atoms with van der Waals surface area (Å²) in [6, 6.07) is 0. The molecule has 2 unspecified atom stereocenters. The summed E-state index contributed by atoms with van der Waals surface area (Å²) in [7, 11) is 1.91. The zero-order valence-corrected chi connectivity index (χ0v) is 35.1. The van der Waals surface area contributed by atoms with Crippen LogP contribution in [0.15, 0.2) is 12.2 Å². The standard InChI is InChI=1S/C42H86NO6P/c1-6-8-10-12-14-16-18-20-22-23-25-27-29-31-33-35-38-47-42(41-49-50(44,45)48-39-36-43(3,4)5)40-46-37-34-32-30-28-26-24-21-19-17-15-13-11-9-7-2/h20,22,42H,6-19,21,23-41H2,1-5H3/p+1. The number of phosphoric acid groups is 1. The molecule has 0 spiro atoms. The number of quaternary nitrogens is 1. The largest absolute Gasteiger partial charge is 0.472 e. The van der Waals surface area contributed by atoms with E-state index in [1.54, 1.807) is 0 Å². The Balaban J connectivity index is 4.10. The van der Waals surface area contributed by atoms with Crippen molar-refractivity contribution >= 4 is 7.82 Å². The van der Waals surface area contributed by atoms with Gasteiger partial charge in [-0.05, 0) is 38.5 Å². The number of rotatable bonds is 41. The number of unbranched alkanes of at least 4 members (excludes halogenated alkanes) is 25. The Morgan fingerprint density at radius 1 is 0.520 bits per heavy atom. The summed E-state index contributed by atoms with van der Waals surface area (Å²) in [4.78, 5) is 10.2. The van der Waals surface area contributed by atoms with E-state index in [-0.39, 0.29) is 19.3 Å². The van der Waals surface area contributed by atoms with E-state index in [2.05, 4.69) is 26.0 Å². The monoisotopic (exact) mass is 733 g/mol. The molecule has 0 heterocycles. The number of phosphoric ester groups is 1. The Morgan fingerprint density at radius 2 is 0.920 bits per heavy atom. The predicted molar refractivity (Wildman–Crippen MR) is 215 cm³/mol. The van der Waals surface area contributed by atoms with Crippen molar-refractivity contribution in [2.24, 2.45) is 0 Å².